The molecule has 0 bridgehead atoms. The van der Waals surface area contributed by atoms with E-state index in [0.717, 1.165) is 12.1 Å². The molecular weight excluding hydrogens is 302 g/mol. The number of sulfonamides is 1. The molecular formula is C10H11Cl2FN2O2S. The fraction of sp³-hybridized carbons (Fsp3) is 0.400. The van der Waals surface area contributed by atoms with Crippen molar-refractivity contribution < 1.29 is 12.8 Å². The summed E-state index contributed by atoms with van der Waals surface area (Å²) in [6.07, 6.45) is 0.579. The average molecular weight is 313 g/mol. The highest BCUT2D eigenvalue weighted by atomic mass is 35.5. The van der Waals surface area contributed by atoms with Crippen LogP contribution in [0.5, 0.6) is 0 Å². The number of nitrogens with zero attached hydrogens (tertiary/aromatic N) is 1. The van der Waals surface area contributed by atoms with Gasteiger partial charge in [0.15, 0.2) is 0 Å². The topological polar surface area (TPSA) is 63.4 Å². The van der Waals surface area contributed by atoms with Crippen LogP contribution in [0.1, 0.15) is 6.42 Å². The molecule has 0 radical (unpaired) electrons. The molecule has 4 nitrogen and oxygen atoms in total. The number of hydrogen-bond donors (Lipinski definition) is 1. The Labute approximate surface area is 115 Å². The Morgan fingerprint density at radius 1 is 1.33 bits per heavy atom. The molecule has 2 N–H and O–H groups in total. The van der Waals surface area contributed by atoms with E-state index in [1.807, 2.05) is 0 Å². The van der Waals surface area contributed by atoms with Crippen LogP contribution < -0.4 is 5.73 Å². The lowest BCUT2D eigenvalue weighted by Gasteiger charge is -2.17. The maximum atomic E-state index is 13.0. The summed E-state index contributed by atoms with van der Waals surface area (Å²) in [5, 5.41) is -0.444. The lowest BCUT2D eigenvalue weighted by molar-refractivity contribution is 0.472. The molecule has 1 aromatic carbocycles. The van der Waals surface area contributed by atoms with Gasteiger partial charge in [-0.3, -0.25) is 0 Å². The Balaban J connectivity index is 2.48. The van der Waals surface area contributed by atoms with Crippen LogP contribution in [0.2, 0.25) is 10.0 Å². The Bertz CT molecular complexity index is 556. The summed E-state index contributed by atoms with van der Waals surface area (Å²) in [6.45, 7) is 0.528. The molecule has 8 heteroatoms. The summed E-state index contributed by atoms with van der Waals surface area (Å²) in [5.41, 5.74) is 5.67. The first kappa shape index (κ1) is 14.0. The van der Waals surface area contributed by atoms with E-state index in [-0.39, 0.29) is 27.5 Å². The molecule has 18 heavy (non-hydrogen) atoms. The monoisotopic (exact) mass is 312 g/mol. The molecule has 1 aliphatic heterocycles. The molecule has 1 fully saturated rings. The van der Waals surface area contributed by atoms with Crippen LogP contribution in [0.3, 0.4) is 0 Å². The zero-order chi connectivity index (χ0) is 13.5. The second kappa shape index (κ2) is 4.94. The van der Waals surface area contributed by atoms with Gasteiger partial charge >= 0.3 is 0 Å². The normalized spacial score (nSPS) is 21.4. The molecule has 2 rings (SSSR count). The minimum Gasteiger partial charge on any atom is -0.326 e. The van der Waals surface area contributed by atoms with Crippen molar-refractivity contribution in [1.82, 2.24) is 4.31 Å². The highest BCUT2D eigenvalue weighted by molar-refractivity contribution is 7.89. The molecule has 0 saturated carbocycles. The van der Waals surface area contributed by atoms with Crippen LogP contribution in [-0.4, -0.2) is 31.9 Å². The zero-order valence-electron chi connectivity index (χ0n) is 9.24. The van der Waals surface area contributed by atoms with Crippen molar-refractivity contribution in [2.75, 3.05) is 13.1 Å². The molecule has 1 saturated heterocycles. The number of nitrogens with two attached hydrogens (primary N) is 1. The third kappa shape index (κ3) is 2.48. The molecule has 1 aromatic rings. The predicted molar refractivity (Wildman–Crippen MR) is 67.8 cm³/mol. The molecule has 0 aromatic heterocycles. The van der Waals surface area contributed by atoms with Gasteiger partial charge in [0.05, 0.1) is 10.0 Å². The Morgan fingerprint density at radius 2 is 1.89 bits per heavy atom. The van der Waals surface area contributed by atoms with Crippen molar-refractivity contribution in [2.45, 2.75) is 17.4 Å². The van der Waals surface area contributed by atoms with Gasteiger partial charge in [-0.1, -0.05) is 23.2 Å². The summed E-state index contributed by atoms with van der Waals surface area (Å²) in [4.78, 5) is -0.263. The second-order valence-corrected chi connectivity index (χ2v) is 6.80. The summed E-state index contributed by atoms with van der Waals surface area (Å²) in [7, 11) is -3.83. The number of halogens is 3. The van der Waals surface area contributed by atoms with E-state index in [0.29, 0.717) is 13.0 Å². The van der Waals surface area contributed by atoms with Gasteiger partial charge in [-0.25, -0.2) is 12.8 Å². The number of hydrogen-bond acceptors (Lipinski definition) is 3. The Hall–Kier alpha value is -0.400. The highest BCUT2D eigenvalue weighted by Crippen LogP contribution is 2.33. The van der Waals surface area contributed by atoms with Crippen molar-refractivity contribution in [3.05, 3.63) is 28.0 Å². The molecule has 1 atom stereocenters. The van der Waals surface area contributed by atoms with Gasteiger partial charge in [0.1, 0.15) is 10.7 Å². The quantitative estimate of drug-likeness (QED) is 0.906. The number of benzene rings is 1. The van der Waals surface area contributed by atoms with E-state index >= 15 is 0 Å². The lowest BCUT2D eigenvalue weighted by atomic mass is 10.3. The third-order valence-electron chi connectivity index (χ3n) is 2.75. The molecule has 1 heterocycles. The molecule has 0 amide bonds. The van der Waals surface area contributed by atoms with Gasteiger partial charge in [-0.15, -0.1) is 0 Å². The largest absolute Gasteiger partial charge is 0.326 e. The number of rotatable bonds is 2. The van der Waals surface area contributed by atoms with E-state index in [2.05, 4.69) is 0 Å². The van der Waals surface area contributed by atoms with Crippen molar-refractivity contribution in [1.29, 1.82) is 0 Å². The predicted octanol–water partition coefficient (Wildman–Crippen LogP) is 1.85. The maximum Gasteiger partial charge on any atom is 0.246 e. The standard InChI is InChI=1S/C10H11Cl2FN2O2S/c11-8-3-6(13)4-9(12)10(8)18(16,17)15-2-1-7(14)5-15/h3-4,7H,1-2,5,14H2/t7-/m1/s1. The van der Waals surface area contributed by atoms with Crippen LogP contribution in [0, 0.1) is 5.82 Å². The second-order valence-electron chi connectivity index (χ2n) is 4.11. The van der Waals surface area contributed by atoms with Gasteiger partial charge in [0.2, 0.25) is 10.0 Å². The van der Waals surface area contributed by atoms with Gasteiger partial charge < -0.3 is 5.73 Å². The van der Waals surface area contributed by atoms with E-state index in [1.54, 1.807) is 0 Å². The zero-order valence-corrected chi connectivity index (χ0v) is 11.6. The van der Waals surface area contributed by atoms with Gasteiger partial charge in [-0.05, 0) is 18.6 Å². The Kier molecular flexibility index (Phi) is 3.85. The maximum absolute atomic E-state index is 13.0. The van der Waals surface area contributed by atoms with Crippen LogP contribution in [0.15, 0.2) is 17.0 Å². The summed E-state index contributed by atoms with van der Waals surface area (Å²) in [5.74, 6) is -0.679. The van der Waals surface area contributed by atoms with Gasteiger partial charge in [-0.2, -0.15) is 4.31 Å². The molecule has 0 spiro atoms. The summed E-state index contributed by atoms with van der Waals surface area (Å²) >= 11 is 11.5. The minimum atomic E-state index is -3.83. The SMILES string of the molecule is N[C@@H]1CCN(S(=O)(=O)c2c(Cl)cc(F)cc2Cl)C1. The molecule has 0 unspecified atom stereocenters. The molecule has 1 aliphatic rings. The molecule has 0 aliphatic carbocycles. The minimum absolute atomic E-state index is 0.197. The van der Waals surface area contributed by atoms with Gasteiger partial charge in [0.25, 0.3) is 0 Å². The first-order valence-corrected chi connectivity index (χ1v) is 7.42. The smallest absolute Gasteiger partial charge is 0.246 e. The van der Waals surface area contributed by atoms with Crippen molar-refractivity contribution in [3.8, 4) is 0 Å². The van der Waals surface area contributed by atoms with Crippen LogP contribution in [0.4, 0.5) is 4.39 Å². The third-order valence-corrected chi connectivity index (χ3v) is 5.54. The Morgan fingerprint density at radius 3 is 2.33 bits per heavy atom. The van der Waals surface area contributed by atoms with Crippen LogP contribution in [-0.2, 0) is 10.0 Å². The van der Waals surface area contributed by atoms with E-state index < -0.39 is 15.8 Å². The van der Waals surface area contributed by atoms with Crippen molar-refractivity contribution >= 4 is 33.2 Å². The van der Waals surface area contributed by atoms with Crippen LogP contribution in [0.25, 0.3) is 0 Å². The van der Waals surface area contributed by atoms with E-state index in [1.165, 1.54) is 4.31 Å². The first-order chi connectivity index (χ1) is 8.32. The average Bonchev–Trinajstić information content (AvgIpc) is 2.63. The lowest BCUT2D eigenvalue weighted by Crippen LogP contribution is -2.32. The van der Waals surface area contributed by atoms with E-state index in [4.69, 9.17) is 28.9 Å². The van der Waals surface area contributed by atoms with E-state index in [9.17, 15) is 12.8 Å². The van der Waals surface area contributed by atoms with Crippen molar-refractivity contribution in [3.63, 3.8) is 0 Å². The fourth-order valence-electron chi connectivity index (χ4n) is 1.88. The highest BCUT2D eigenvalue weighted by Gasteiger charge is 2.34. The molecule has 100 valence electrons. The van der Waals surface area contributed by atoms with Gasteiger partial charge in [0, 0.05) is 19.1 Å². The summed E-state index contributed by atoms with van der Waals surface area (Å²) in [6, 6.07) is 1.66. The van der Waals surface area contributed by atoms with Crippen molar-refractivity contribution in [2.24, 2.45) is 5.73 Å². The fourth-order valence-corrected chi connectivity index (χ4v) is 4.52. The summed E-state index contributed by atoms with van der Waals surface area (Å²) < 4.78 is 38.9. The van der Waals surface area contributed by atoms with Crippen LogP contribution >= 0.6 is 23.2 Å². The first-order valence-electron chi connectivity index (χ1n) is 5.22.